The standard InChI is InChI=1S/C22H30N4O2S/c1-4-25(5-2)14-9-13-23-19(27)12-8-15-26-22(28)20-17-10-6-7-11-18(17)29-21(20)16(3)24-26/h6-7,10-11H,4-5,8-9,12-15H2,1-3H3,(H,23,27). The zero-order valence-corrected chi connectivity index (χ0v) is 18.3. The monoisotopic (exact) mass is 414 g/mol. The zero-order chi connectivity index (χ0) is 20.8. The van der Waals surface area contributed by atoms with Crippen LogP contribution < -0.4 is 10.9 Å². The van der Waals surface area contributed by atoms with Gasteiger partial charge in [-0.05, 0) is 45.5 Å². The first kappa shape index (κ1) is 21.5. The average Bonchev–Trinajstić information content (AvgIpc) is 3.12. The summed E-state index contributed by atoms with van der Waals surface area (Å²) in [4.78, 5) is 27.4. The van der Waals surface area contributed by atoms with Crippen LogP contribution in [0.4, 0.5) is 0 Å². The molecule has 1 amide bonds. The van der Waals surface area contributed by atoms with Crippen molar-refractivity contribution in [2.75, 3.05) is 26.2 Å². The van der Waals surface area contributed by atoms with Crippen LogP contribution in [0, 0.1) is 6.92 Å². The van der Waals surface area contributed by atoms with Crippen LogP contribution >= 0.6 is 11.3 Å². The summed E-state index contributed by atoms with van der Waals surface area (Å²) in [5, 5.41) is 9.20. The molecule has 2 heterocycles. The molecule has 3 aromatic rings. The number of nitrogens with zero attached hydrogens (tertiary/aromatic N) is 3. The Morgan fingerprint density at radius 2 is 1.97 bits per heavy atom. The molecule has 156 valence electrons. The lowest BCUT2D eigenvalue weighted by atomic mass is 10.2. The molecule has 0 aliphatic rings. The summed E-state index contributed by atoms with van der Waals surface area (Å²) in [5.74, 6) is 0.0383. The third-order valence-electron chi connectivity index (χ3n) is 5.28. The number of fused-ring (bicyclic) bond motifs is 3. The fraction of sp³-hybridized carbons (Fsp3) is 0.500. The van der Waals surface area contributed by atoms with Gasteiger partial charge in [0.2, 0.25) is 5.91 Å². The number of aromatic nitrogens is 2. The minimum absolute atomic E-state index is 0.0383. The maximum Gasteiger partial charge on any atom is 0.276 e. The molecule has 7 heteroatoms. The second-order valence-electron chi connectivity index (χ2n) is 7.25. The number of thiophene rings is 1. The number of hydrogen-bond donors (Lipinski definition) is 1. The van der Waals surface area contributed by atoms with E-state index in [2.05, 4.69) is 29.2 Å². The number of nitrogens with one attached hydrogen (secondary N) is 1. The van der Waals surface area contributed by atoms with E-state index in [9.17, 15) is 9.59 Å². The molecular weight excluding hydrogens is 384 g/mol. The Kier molecular flexibility index (Phi) is 7.39. The maximum absolute atomic E-state index is 13.0. The molecule has 0 bridgehead atoms. The highest BCUT2D eigenvalue weighted by Gasteiger charge is 2.14. The number of amides is 1. The Balaban J connectivity index is 1.57. The van der Waals surface area contributed by atoms with Gasteiger partial charge < -0.3 is 10.2 Å². The van der Waals surface area contributed by atoms with Crippen molar-refractivity contribution >= 4 is 37.4 Å². The summed E-state index contributed by atoms with van der Waals surface area (Å²) < 4.78 is 3.58. The molecule has 0 aliphatic carbocycles. The Morgan fingerprint density at radius 1 is 1.21 bits per heavy atom. The van der Waals surface area contributed by atoms with E-state index in [0.717, 1.165) is 51.9 Å². The van der Waals surface area contributed by atoms with Gasteiger partial charge in [-0.25, -0.2) is 4.68 Å². The zero-order valence-electron chi connectivity index (χ0n) is 17.5. The third-order valence-corrected chi connectivity index (χ3v) is 6.56. The second-order valence-corrected chi connectivity index (χ2v) is 8.30. The van der Waals surface area contributed by atoms with Crippen molar-refractivity contribution in [3.05, 3.63) is 40.3 Å². The van der Waals surface area contributed by atoms with Crippen LogP contribution in [-0.4, -0.2) is 46.8 Å². The lowest BCUT2D eigenvalue weighted by Gasteiger charge is -2.17. The van der Waals surface area contributed by atoms with Crippen molar-refractivity contribution in [2.24, 2.45) is 0 Å². The summed E-state index contributed by atoms with van der Waals surface area (Å²) >= 11 is 1.61. The minimum Gasteiger partial charge on any atom is -0.356 e. The summed E-state index contributed by atoms with van der Waals surface area (Å²) in [7, 11) is 0. The first-order valence-corrected chi connectivity index (χ1v) is 11.2. The normalized spacial score (nSPS) is 11.6. The highest BCUT2D eigenvalue weighted by atomic mass is 32.1. The molecule has 6 nitrogen and oxygen atoms in total. The fourth-order valence-corrected chi connectivity index (χ4v) is 4.75. The molecule has 0 radical (unpaired) electrons. The van der Waals surface area contributed by atoms with Gasteiger partial charge in [-0.15, -0.1) is 11.3 Å². The van der Waals surface area contributed by atoms with Gasteiger partial charge in [-0.3, -0.25) is 9.59 Å². The van der Waals surface area contributed by atoms with Crippen LogP contribution in [-0.2, 0) is 11.3 Å². The Hall–Kier alpha value is -2.25. The molecule has 0 saturated carbocycles. The van der Waals surface area contributed by atoms with Crippen molar-refractivity contribution in [1.29, 1.82) is 0 Å². The van der Waals surface area contributed by atoms with Gasteiger partial charge >= 0.3 is 0 Å². The van der Waals surface area contributed by atoms with Gasteiger partial charge in [-0.1, -0.05) is 32.0 Å². The number of rotatable bonds is 10. The Labute approximate surface area is 175 Å². The van der Waals surface area contributed by atoms with Crippen molar-refractivity contribution in [3.8, 4) is 0 Å². The molecule has 0 fully saturated rings. The van der Waals surface area contributed by atoms with E-state index in [1.807, 2.05) is 31.2 Å². The number of aryl methyl sites for hydroxylation is 2. The summed E-state index contributed by atoms with van der Waals surface area (Å²) in [6, 6.07) is 7.97. The van der Waals surface area contributed by atoms with E-state index in [4.69, 9.17) is 0 Å². The Bertz CT molecular complexity index is 1040. The molecule has 0 atom stereocenters. The van der Waals surface area contributed by atoms with E-state index in [1.54, 1.807) is 11.3 Å². The first-order valence-electron chi connectivity index (χ1n) is 10.4. The van der Waals surface area contributed by atoms with Crippen LogP contribution in [0.2, 0.25) is 0 Å². The fourth-order valence-electron chi connectivity index (χ4n) is 3.61. The highest BCUT2D eigenvalue weighted by molar-refractivity contribution is 7.26. The largest absolute Gasteiger partial charge is 0.356 e. The lowest BCUT2D eigenvalue weighted by Crippen LogP contribution is -2.30. The predicted octanol–water partition coefficient (Wildman–Crippen LogP) is 3.55. The topological polar surface area (TPSA) is 67.2 Å². The molecule has 2 aromatic heterocycles. The van der Waals surface area contributed by atoms with E-state index in [-0.39, 0.29) is 11.5 Å². The number of benzene rings is 1. The van der Waals surface area contributed by atoms with Gasteiger partial charge in [0.1, 0.15) is 0 Å². The second kappa shape index (κ2) is 9.98. The molecule has 0 unspecified atom stereocenters. The molecule has 0 saturated heterocycles. The van der Waals surface area contributed by atoms with Gasteiger partial charge in [0.05, 0.1) is 15.8 Å². The molecule has 3 rings (SSSR count). The van der Waals surface area contributed by atoms with Gasteiger partial charge in [0.15, 0.2) is 0 Å². The SMILES string of the molecule is CCN(CC)CCCNC(=O)CCCn1nc(C)c2sc3ccccc3c2c1=O. The van der Waals surface area contributed by atoms with E-state index >= 15 is 0 Å². The van der Waals surface area contributed by atoms with Gasteiger partial charge in [0, 0.05) is 29.6 Å². The van der Waals surface area contributed by atoms with Crippen LogP contribution in [0.15, 0.2) is 29.1 Å². The molecule has 1 aromatic carbocycles. The Morgan fingerprint density at radius 3 is 2.72 bits per heavy atom. The van der Waals surface area contributed by atoms with Crippen molar-refractivity contribution in [3.63, 3.8) is 0 Å². The van der Waals surface area contributed by atoms with E-state index in [0.29, 0.717) is 25.9 Å². The number of carbonyl (C=O) groups excluding carboxylic acids is 1. The van der Waals surface area contributed by atoms with E-state index in [1.165, 1.54) is 4.68 Å². The summed E-state index contributed by atoms with van der Waals surface area (Å²) in [5.41, 5.74) is 0.796. The van der Waals surface area contributed by atoms with Gasteiger partial charge in [0.25, 0.3) is 5.56 Å². The van der Waals surface area contributed by atoms with Crippen LogP contribution in [0.5, 0.6) is 0 Å². The van der Waals surface area contributed by atoms with Crippen LogP contribution in [0.1, 0.15) is 38.8 Å². The first-order chi connectivity index (χ1) is 14.0. The average molecular weight is 415 g/mol. The summed E-state index contributed by atoms with van der Waals surface area (Å²) in [6.45, 7) is 10.5. The quantitative estimate of drug-likeness (QED) is 0.515. The van der Waals surface area contributed by atoms with E-state index < -0.39 is 0 Å². The smallest absolute Gasteiger partial charge is 0.276 e. The van der Waals surface area contributed by atoms with Crippen molar-refractivity contribution in [1.82, 2.24) is 20.0 Å². The van der Waals surface area contributed by atoms with Gasteiger partial charge in [-0.2, -0.15) is 5.10 Å². The third kappa shape index (κ3) is 5.03. The summed E-state index contributed by atoms with van der Waals surface area (Å²) in [6.07, 6.45) is 1.96. The molecular formula is C22H30N4O2S. The number of carbonyl (C=O) groups is 1. The van der Waals surface area contributed by atoms with Crippen molar-refractivity contribution < 1.29 is 4.79 Å². The lowest BCUT2D eigenvalue weighted by molar-refractivity contribution is -0.121. The predicted molar refractivity (Wildman–Crippen MR) is 121 cm³/mol. The highest BCUT2D eigenvalue weighted by Crippen LogP contribution is 2.32. The minimum atomic E-state index is -0.0670. The number of hydrogen-bond acceptors (Lipinski definition) is 5. The van der Waals surface area contributed by atoms with Crippen molar-refractivity contribution in [2.45, 2.75) is 46.6 Å². The molecule has 0 aliphatic heterocycles. The van der Waals surface area contributed by atoms with Crippen LogP contribution in [0.25, 0.3) is 20.2 Å². The van der Waals surface area contributed by atoms with Crippen LogP contribution in [0.3, 0.4) is 0 Å². The molecule has 29 heavy (non-hydrogen) atoms. The molecule has 1 N–H and O–H groups in total. The maximum atomic E-state index is 13.0. The molecule has 0 spiro atoms.